The molecule has 1 amide bonds. The normalized spacial score (nSPS) is 21.5. The van der Waals surface area contributed by atoms with Crippen LogP contribution in [-0.4, -0.2) is 63.7 Å². The Labute approximate surface area is 123 Å². The quantitative estimate of drug-likeness (QED) is 0.730. The number of morpholine rings is 1. The fourth-order valence-electron chi connectivity index (χ4n) is 2.52. The van der Waals surface area contributed by atoms with Crippen LogP contribution in [0.25, 0.3) is 0 Å². The van der Waals surface area contributed by atoms with Crippen LogP contribution in [0.2, 0.25) is 0 Å². The highest BCUT2D eigenvalue weighted by atomic mass is 16.5. The number of carbonyl (C=O) groups excluding carboxylic acids is 1. The lowest BCUT2D eigenvalue weighted by Crippen LogP contribution is -2.56. The molecule has 2 heterocycles. The monoisotopic (exact) mass is 298 g/mol. The van der Waals surface area contributed by atoms with Crippen molar-refractivity contribution in [2.24, 2.45) is 7.05 Å². The average Bonchev–Trinajstić information content (AvgIpc) is 2.69. The number of hydrogen-bond donors (Lipinski definition) is 0. The van der Waals surface area contributed by atoms with Crippen LogP contribution in [0.15, 0.2) is 11.1 Å². The minimum atomic E-state index is -0.438. The Morgan fingerprint density at radius 2 is 2.29 bits per heavy atom. The van der Waals surface area contributed by atoms with Crippen LogP contribution in [0, 0.1) is 0 Å². The summed E-state index contributed by atoms with van der Waals surface area (Å²) in [5.41, 5.74) is -0.740. The van der Waals surface area contributed by atoms with Crippen LogP contribution in [0.1, 0.15) is 13.8 Å². The molecule has 1 aromatic heterocycles. The third-order valence-electron chi connectivity index (χ3n) is 3.36. The SMILES string of the molecule is COC[C@@H]1CN(C(=O)Cn2ncn(C)c2=O)CC(C)(C)O1. The van der Waals surface area contributed by atoms with Gasteiger partial charge in [-0.2, -0.15) is 5.10 Å². The zero-order valence-electron chi connectivity index (χ0n) is 12.9. The van der Waals surface area contributed by atoms with Gasteiger partial charge in [-0.1, -0.05) is 0 Å². The minimum Gasteiger partial charge on any atom is -0.382 e. The third kappa shape index (κ3) is 3.70. The summed E-state index contributed by atoms with van der Waals surface area (Å²) >= 11 is 0. The van der Waals surface area contributed by atoms with Gasteiger partial charge in [0.15, 0.2) is 0 Å². The predicted molar refractivity (Wildman–Crippen MR) is 74.9 cm³/mol. The Bertz CT molecular complexity index is 563. The van der Waals surface area contributed by atoms with E-state index in [1.807, 2.05) is 13.8 Å². The van der Waals surface area contributed by atoms with Crippen LogP contribution < -0.4 is 5.69 Å². The maximum atomic E-state index is 12.4. The van der Waals surface area contributed by atoms with Gasteiger partial charge in [0.2, 0.25) is 5.91 Å². The van der Waals surface area contributed by atoms with Crippen molar-refractivity contribution in [1.82, 2.24) is 19.2 Å². The Hall–Kier alpha value is -1.67. The molecule has 0 N–H and O–H groups in total. The molecule has 0 aliphatic carbocycles. The second-order valence-electron chi connectivity index (χ2n) is 5.91. The largest absolute Gasteiger partial charge is 0.382 e. The summed E-state index contributed by atoms with van der Waals surface area (Å²) in [6, 6.07) is 0. The molecule has 8 heteroatoms. The fourth-order valence-corrected chi connectivity index (χ4v) is 2.52. The molecule has 8 nitrogen and oxygen atoms in total. The highest BCUT2D eigenvalue weighted by molar-refractivity contribution is 5.76. The van der Waals surface area contributed by atoms with Gasteiger partial charge < -0.3 is 14.4 Å². The highest BCUT2D eigenvalue weighted by Gasteiger charge is 2.35. The van der Waals surface area contributed by atoms with Crippen LogP contribution in [0.3, 0.4) is 0 Å². The van der Waals surface area contributed by atoms with Gasteiger partial charge in [-0.05, 0) is 13.8 Å². The Balaban J connectivity index is 2.07. The van der Waals surface area contributed by atoms with Crippen molar-refractivity contribution in [3.8, 4) is 0 Å². The smallest absolute Gasteiger partial charge is 0.345 e. The second-order valence-corrected chi connectivity index (χ2v) is 5.91. The fraction of sp³-hybridized carbons (Fsp3) is 0.769. The van der Waals surface area contributed by atoms with E-state index in [0.29, 0.717) is 19.7 Å². The molecule has 0 aromatic carbocycles. The van der Waals surface area contributed by atoms with E-state index in [1.54, 1.807) is 19.1 Å². The molecule has 1 saturated heterocycles. The molecule has 0 unspecified atom stereocenters. The number of rotatable bonds is 4. The van der Waals surface area contributed by atoms with Gasteiger partial charge in [-0.25, -0.2) is 9.48 Å². The molecule has 2 rings (SSSR count). The molecule has 1 atom stereocenters. The van der Waals surface area contributed by atoms with Crippen molar-refractivity contribution in [2.45, 2.75) is 32.1 Å². The molecular formula is C13H22N4O4. The molecule has 21 heavy (non-hydrogen) atoms. The Morgan fingerprint density at radius 3 is 2.86 bits per heavy atom. The summed E-state index contributed by atoms with van der Waals surface area (Å²) in [6.45, 7) is 5.17. The van der Waals surface area contributed by atoms with Crippen molar-refractivity contribution < 1.29 is 14.3 Å². The highest BCUT2D eigenvalue weighted by Crippen LogP contribution is 2.21. The van der Waals surface area contributed by atoms with E-state index < -0.39 is 5.60 Å². The first-order valence-electron chi connectivity index (χ1n) is 6.85. The number of nitrogens with zero attached hydrogens (tertiary/aromatic N) is 4. The van der Waals surface area contributed by atoms with E-state index in [0.717, 1.165) is 4.68 Å². The van der Waals surface area contributed by atoms with E-state index in [2.05, 4.69) is 5.10 Å². The number of carbonyl (C=O) groups is 1. The number of aromatic nitrogens is 3. The lowest BCUT2D eigenvalue weighted by Gasteiger charge is -2.42. The first kappa shape index (κ1) is 15.7. The number of amides is 1. The molecule has 1 aliphatic rings. The lowest BCUT2D eigenvalue weighted by atomic mass is 10.1. The molecular weight excluding hydrogens is 276 g/mol. The number of aryl methyl sites for hydroxylation is 1. The van der Waals surface area contributed by atoms with E-state index in [-0.39, 0.29) is 24.2 Å². The summed E-state index contributed by atoms with van der Waals surface area (Å²) in [5.74, 6) is -0.145. The van der Waals surface area contributed by atoms with E-state index in [9.17, 15) is 9.59 Å². The standard InChI is InChI=1S/C13H22N4O4/c1-13(2)8-16(5-10(21-13)7-20-4)11(18)6-17-12(19)15(3)9-14-17/h9-10H,5-8H2,1-4H3/t10-/m0/s1. The molecule has 1 aliphatic heterocycles. The maximum absolute atomic E-state index is 12.4. The summed E-state index contributed by atoms with van der Waals surface area (Å²) in [6.07, 6.45) is 1.23. The third-order valence-corrected chi connectivity index (χ3v) is 3.36. The van der Waals surface area contributed by atoms with Crippen molar-refractivity contribution >= 4 is 5.91 Å². The molecule has 0 saturated carbocycles. The summed E-state index contributed by atoms with van der Waals surface area (Å²) < 4.78 is 13.5. The van der Waals surface area contributed by atoms with Gasteiger partial charge in [0, 0.05) is 27.2 Å². The second kappa shape index (κ2) is 5.98. The maximum Gasteiger partial charge on any atom is 0.345 e. The summed E-state index contributed by atoms with van der Waals surface area (Å²) in [5, 5.41) is 3.91. The van der Waals surface area contributed by atoms with Crippen molar-refractivity contribution in [2.75, 3.05) is 26.8 Å². The molecule has 0 radical (unpaired) electrons. The summed E-state index contributed by atoms with van der Waals surface area (Å²) in [7, 11) is 3.20. The zero-order chi connectivity index (χ0) is 15.6. The summed E-state index contributed by atoms with van der Waals surface area (Å²) in [4.78, 5) is 25.8. The Kier molecular flexibility index (Phi) is 4.48. The molecule has 1 aromatic rings. The van der Waals surface area contributed by atoms with Crippen LogP contribution in [-0.2, 0) is 27.9 Å². The van der Waals surface area contributed by atoms with E-state index >= 15 is 0 Å². The first-order chi connectivity index (χ1) is 9.82. The number of methoxy groups -OCH3 is 1. The zero-order valence-corrected chi connectivity index (χ0v) is 12.9. The minimum absolute atomic E-state index is 0.0601. The first-order valence-corrected chi connectivity index (χ1v) is 6.85. The van der Waals surface area contributed by atoms with Gasteiger partial charge in [0.05, 0.1) is 18.3 Å². The van der Waals surface area contributed by atoms with Crippen molar-refractivity contribution in [3.05, 3.63) is 16.8 Å². The van der Waals surface area contributed by atoms with Gasteiger partial charge in [-0.3, -0.25) is 9.36 Å². The predicted octanol–water partition coefficient (Wildman–Crippen LogP) is -0.766. The molecule has 0 bridgehead atoms. The van der Waals surface area contributed by atoms with Gasteiger partial charge in [-0.15, -0.1) is 0 Å². The van der Waals surface area contributed by atoms with E-state index in [1.165, 1.54) is 10.9 Å². The van der Waals surface area contributed by atoms with Crippen LogP contribution in [0.5, 0.6) is 0 Å². The van der Waals surface area contributed by atoms with Gasteiger partial charge in [0.1, 0.15) is 12.9 Å². The van der Waals surface area contributed by atoms with Crippen LogP contribution in [0.4, 0.5) is 0 Å². The van der Waals surface area contributed by atoms with Gasteiger partial charge >= 0.3 is 5.69 Å². The topological polar surface area (TPSA) is 78.6 Å². The Morgan fingerprint density at radius 1 is 1.57 bits per heavy atom. The molecule has 118 valence electrons. The lowest BCUT2D eigenvalue weighted by molar-refractivity contribution is -0.169. The average molecular weight is 298 g/mol. The molecule has 0 spiro atoms. The van der Waals surface area contributed by atoms with Gasteiger partial charge in [0.25, 0.3) is 0 Å². The van der Waals surface area contributed by atoms with Crippen LogP contribution >= 0.6 is 0 Å². The number of hydrogen-bond acceptors (Lipinski definition) is 5. The molecule has 1 fully saturated rings. The van der Waals surface area contributed by atoms with Crippen molar-refractivity contribution in [3.63, 3.8) is 0 Å². The van der Waals surface area contributed by atoms with E-state index in [4.69, 9.17) is 9.47 Å². The number of ether oxygens (including phenoxy) is 2. The van der Waals surface area contributed by atoms with Crippen molar-refractivity contribution in [1.29, 1.82) is 0 Å².